The summed E-state index contributed by atoms with van der Waals surface area (Å²) in [5, 5.41) is 0. The number of ether oxygens (including phenoxy) is 1. The first-order valence-corrected chi connectivity index (χ1v) is 4.06. The minimum absolute atomic E-state index is 0.621. The van der Waals surface area contributed by atoms with E-state index in [2.05, 4.69) is 31.1 Å². The number of nitrogens with zero attached hydrogens (tertiary/aromatic N) is 1. The van der Waals surface area contributed by atoms with Crippen LogP contribution in [0.2, 0.25) is 0 Å². The van der Waals surface area contributed by atoms with Gasteiger partial charge in [0.05, 0.1) is 7.11 Å². The zero-order chi connectivity index (χ0) is 7.40. The van der Waals surface area contributed by atoms with Crippen LogP contribution in [0.15, 0.2) is 6.07 Å². The average molecular weight is 218 g/mol. The van der Waals surface area contributed by atoms with Crippen LogP contribution in [0, 0.1) is 10.8 Å². The third kappa shape index (κ3) is 1.72. The molecule has 0 amide bonds. The zero-order valence-electron chi connectivity index (χ0n) is 5.22. The summed E-state index contributed by atoms with van der Waals surface area (Å²) in [5.74, 6) is 3.43. The summed E-state index contributed by atoms with van der Waals surface area (Å²) in [7, 11) is 1.58. The number of halogens is 1. The minimum atomic E-state index is 0.621. The van der Waals surface area contributed by atoms with Crippen molar-refractivity contribution in [1.29, 1.82) is 0 Å². The Labute approximate surface area is 71.5 Å². The maximum absolute atomic E-state index is 4.86. The SMILES string of the molecule is COc1cc(C#CBr)sn1. The fourth-order valence-corrected chi connectivity index (χ4v) is 1.37. The van der Waals surface area contributed by atoms with Gasteiger partial charge in [0, 0.05) is 22.0 Å². The van der Waals surface area contributed by atoms with E-state index in [0.29, 0.717) is 5.88 Å². The molecule has 1 aromatic heterocycles. The fraction of sp³-hybridized carbons (Fsp3) is 0.167. The highest BCUT2D eigenvalue weighted by Gasteiger charge is 1.96. The summed E-state index contributed by atoms with van der Waals surface area (Å²) in [6, 6.07) is 1.79. The summed E-state index contributed by atoms with van der Waals surface area (Å²) in [4.78, 5) is 3.50. The molecule has 1 rings (SSSR count). The van der Waals surface area contributed by atoms with Crippen molar-refractivity contribution in [3.8, 4) is 16.6 Å². The highest BCUT2D eigenvalue weighted by molar-refractivity contribution is 9.12. The van der Waals surface area contributed by atoms with E-state index < -0.39 is 0 Å². The molecule has 1 heterocycles. The largest absolute Gasteiger partial charge is 0.480 e. The van der Waals surface area contributed by atoms with E-state index in [-0.39, 0.29) is 0 Å². The lowest BCUT2D eigenvalue weighted by Crippen LogP contribution is -1.78. The predicted octanol–water partition coefficient (Wildman–Crippen LogP) is 1.86. The van der Waals surface area contributed by atoms with Crippen molar-refractivity contribution >= 4 is 27.5 Å². The molecule has 0 spiro atoms. The van der Waals surface area contributed by atoms with E-state index in [4.69, 9.17) is 4.74 Å². The Balaban J connectivity index is 2.84. The van der Waals surface area contributed by atoms with Crippen LogP contribution in [-0.4, -0.2) is 11.5 Å². The van der Waals surface area contributed by atoms with Gasteiger partial charge >= 0.3 is 0 Å². The van der Waals surface area contributed by atoms with E-state index in [1.165, 1.54) is 11.5 Å². The lowest BCUT2D eigenvalue weighted by Gasteiger charge is -1.85. The monoisotopic (exact) mass is 217 g/mol. The number of methoxy groups -OCH3 is 1. The summed E-state index contributed by atoms with van der Waals surface area (Å²) in [6.07, 6.45) is 0. The molecule has 0 aliphatic rings. The first kappa shape index (κ1) is 7.58. The van der Waals surface area contributed by atoms with Gasteiger partial charge in [-0.2, -0.15) is 4.37 Å². The second kappa shape index (κ2) is 3.59. The lowest BCUT2D eigenvalue weighted by molar-refractivity contribution is 0.402. The Morgan fingerprint density at radius 1 is 1.80 bits per heavy atom. The maximum atomic E-state index is 4.86. The van der Waals surface area contributed by atoms with E-state index in [1.807, 2.05) is 0 Å². The van der Waals surface area contributed by atoms with Crippen molar-refractivity contribution in [3.63, 3.8) is 0 Å². The maximum Gasteiger partial charge on any atom is 0.226 e. The van der Waals surface area contributed by atoms with E-state index in [9.17, 15) is 0 Å². The molecular formula is C6H4BrNOS. The molecule has 0 N–H and O–H groups in total. The van der Waals surface area contributed by atoms with Gasteiger partial charge in [-0.3, -0.25) is 0 Å². The molecule has 4 heteroatoms. The molecule has 0 unspecified atom stereocenters. The standard InChI is InChI=1S/C6H4BrNOS/c1-9-6-4-5(2-3-7)10-8-6/h4H,1H3. The quantitative estimate of drug-likeness (QED) is 0.671. The second-order valence-corrected chi connectivity index (χ2v) is 2.65. The van der Waals surface area contributed by atoms with Crippen LogP contribution in [0.1, 0.15) is 4.88 Å². The molecule has 0 fully saturated rings. The number of hydrogen-bond donors (Lipinski definition) is 0. The van der Waals surface area contributed by atoms with Gasteiger partial charge in [-0.05, 0) is 22.3 Å². The van der Waals surface area contributed by atoms with Crippen LogP contribution >= 0.6 is 27.5 Å². The molecule has 0 bridgehead atoms. The van der Waals surface area contributed by atoms with Crippen LogP contribution in [0.4, 0.5) is 0 Å². The predicted molar refractivity (Wildman–Crippen MR) is 44.5 cm³/mol. The Kier molecular flexibility index (Phi) is 2.72. The van der Waals surface area contributed by atoms with Gasteiger partial charge in [0.15, 0.2) is 0 Å². The Hall–Kier alpha value is -0.530. The molecule has 0 saturated carbocycles. The molecule has 0 aliphatic carbocycles. The Bertz CT molecular complexity index is 273. The number of hydrogen-bond acceptors (Lipinski definition) is 3. The van der Waals surface area contributed by atoms with Gasteiger partial charge in [-0.1, -0.05) is 0 Å². The smallest absolute Gasteiger partial charge is 0.226 e. The molecule has 10 heavy (non-hydrogen) atoms. The molecule has 1 aromatic rings. The van der Waals surface area contributed by atoms with Gasteiger partial charge in [-0.25, -0.2) is 0 Å². The highest BCUT2D eigenvalue weighted by atomic mass is 79.9. The van der Waals surface area contributed by atoms with Gasteiger partial charge in [0.2, 0.25) is 5.88 Å². The molecule has 52 valence electrons. The topological polar surface area (TPSA) is 22.1 Å². The van der Waals surface area contributed by atoms with Crippen LogP contribution in [-0.2, 0) is 0 Å². The fourth-order valence-electron chi connectivity index (χ4n) is 0.461. The van der Waals surface area contributed by atoms with Crippen molar-refractivity contribution in [2.45, 2.75) is 0 Å². The Morgan fingerprint density at radius 3 is 3.10 bits per heavy atom. The van der Waals surface area contributed by atoms with Gasteiger partial charge in [0.25, 0.3) is 0 Å². The third-order valence-electron chi connectivity index (χ3n) is 0.868. The first-order chi connectivity index (χ1) is 4.86. The molecule has 2 nitrogen and oxygen atoms in total. The average Bonchev–Trinajstić information content (AvgIpc) is 2.37. The molecular weight excluding hydrogens is 214 g/mol. The number of aromatic nitrogens is 1. The van der Waals surface area contributed by atoms with Crippen molar-refractivity contribution in [2.24, 2.45) is 0 Å². The molecule has 0 aliphatic heterocycles. The van der Waals surface area contributed by atoms with Gasteiger partial charge in [0.1, 0.15) is 4.88 Å². The van der Waals surface area contributed by atoms with Crippen LogP contribution in [0.3, 0.4) is 0 Å². The number of rotatable bonds is 1. The summed E-state index contributed by atoms with van der Waals surface area (Å²) in [6.45, 7) is 0. The van der Waals surface area contributed by atoms with Gasteiger partial charge in [-0.15, -0.1) is 0 Å². The summed E-state index contributed by atoms with van der Waals surface area (Å²) >= 11 is 4.31. The first-order valence-electron chi connectivity index (χ1n) is 2.49. The minimum Gasteiger partial charge on any atom is -0.480 e. The molecule has 0 saturated heterocycles. The van der Waals surface area contributed by atoms with E-state index in [1.54, 1.807) is 13.2 Å². The van der Waals surface area contributed by atoms with Crippen molar-refractivity contribution < 1.29 is 4.74 Å². The van der Waals surface area contributed by atoms with E-state index >= 15 is 0 Å². The highest BCUT2D eigenvalue weighted by Crippen LogP contribution is 2.14. The normalized spacial score (nSPS) is 8.20. The molecule has 0 radical (unpaired) electrons. The van der Waals surface area contributed by atoms with Crippen LogP contribution in [0.5, 0.6) is 5.88 Å². The van der Waals surface area contributed by atoms with E-state index in [0.717, 1.165) is 4.88 Å². The van der Waals surface area contributed by atoms with Crippen molar-refractivity contribution in [3.05, 3.63) is 10.9 Å². The summed E-state index contributed by atoms with van der Waals surface area (Å²) < 4.78 is 8.81. The van der Waals surface area contributed by atoms with Crippen molar-refractivity contribution in [2.75, 3.05) is 7.11 Å². The van der Waals surface area contributed by atoms with Gasteiger partial charge < -0.3 is 4.74 Å². The molecule has 0 atom stereocenters. The lowest BCUT2D eigenvalue weighted by atomic mass is 10.5. The van der Waals surface area contributed by atoms with Crippen LogP contribution in [0.25, 0.3) is 0 Å². The Morgan fingerprint density at radius 2 is 2.60 bits per heavy atom. The molecule has 0 aromatic carbocycles. The second-order valence-electron chi connectivity index (χ2n) is 1.45. The van der Waals surface area contributed by atoms with Crippen molar-refractivity contribution in [1.82, 2.24) is 4.37 Å². The summed E-state index contributed by atoms with van der Waals surface area (Å²) in [5.41, 5.74) is 0. The zero-order valence-corrected chi connectivity index (χ0v) is 7.62. The van der Waals surface area contributed by atoms with Crippen LogP contribution < -0.4 is 4.74 Å². The third-order valence-corrected chi connectivity index (χ3v) is 1.75.